The molecule has 0 radical (unpaired) electrons. The van der Waals surface area contributed by atoms with Crippen molar-refractivity contribution in [1.82, 2.24) is 30.6 Å². The molecule has 0 spiro atoms. The number of ether oxygens (including phenoxy) is 2. The zero-order valence-electron chi connectivity index (χ0n) is 28.7. The zero-order chi connectivity index (χ0) is 36.3. The number of alkyl carbamates (subject to hydrolysis) is 2. The van der Waals surface area contributed by atoms with Crippen LogP contribution in [0.3, 0.4) is 0 Å². The topological polar surface area (TPSA) is 202 Å². The second-order valence-electron chi connectivity index (χ2n) is 14.7. The predicted molar refractivity (Wildman–Crippen MR) is 176 cm³/mol. The highest BCUT2D eigenvalue weighted by atomic mass is 32.2. The molecule has 1 aromatic rings. The Morgan fingerprint density at radius 2 is 1.74 bits per heavy atom. The van der Waals surface area contributed by atoms with Gasteiger partial charge >= 0.3 is 12.2 Å². The van der Waals surface area contributed by atoms with Crippen molar-refractivity contribution in [3.8, 4) is 0 Å². The van der Waals surface area contributed by atoms with Crippen LogP contribution < -0.4 is 20.7 Å². The van der Waals surface area contributed by atoms with E-state index < -0.39 is 80.3 Å². The number of fused-ring (bicyclic) bond motifs is 2. The Hall–Kier alpha value is -4.02. The molecule has 4 aliphatic rings. The predicted octanol–water partition coefficient (Wildman–Crippen LogP) is 2.54. The van der Waals surface area contributed by atoms with E-state index in [1.807, 2.05) is 0 Å². The molecule has 4 fully saturated rings. The molecular formula is C33H47FN6O9S. The van der Waals surface area contributed by atoms with Crippen LogP contribution in [0.15, 0.2) is 18.3 Å². The number of amides is 5. The Kier molecular flexibility index (Phi) is 11.2. The summed E-state index contributed by atoms with van der Waals surface area (Å²) in [5.41, 5.74) is -1.93. The number of aromatic nitrogens is 1. The van der Waals surface area contributed by atoms with Crippen molar-refractivity contribution in [3.63, 3.8) is 0 Å². The Balaban J connectivity index is 1.37. The van der Waals surface area contributed by atoms with E-state index in [1.165, 1.54) is 17.0 Å². The van der Waals surface area contributed by atoms with Gasteiger partial charge in [0.15, 0.2) is 0 Å². The van der Waals surface area contributed by atoms with Crippen LogP contribution in [0.2, 0.25) is 0 Å². The quantitative estimate of drug-likeness (QED) is 0.324. The van der Waals surface area contributed by atoms with Crippen LogP contribution in [0.1, 0.15) is 97.1 Å². The van der Waals surface area contributed by atoms with E-state index in [2.05, 4.69) is 25.7 Å². The molecule has 15 nitrogen and oxygen atoms in total. The Labute approximate surface area is 291 Å². The summed E-state index contributed by atoms with van der Waals surface area (Å²) in [6.07, 6.45) is 4.12. The van der Waals surface area contributed by atoms with Gasteiger partial charge in [-0.3, -0.25) is 24.1 Å². The first kappa shape index (κ1) is 37.2. The lowest BCUT2D eigenvalue weighted by Gasteiger charge is -2.30. The number of hydrogen-bond acceptors (Lipinski definition) is 10. The Morgan fingerprint density at radius 3 is 2.40 bits per heavy atom. The number of carbonyl (C=O) groups excluding carboxylic acids is 5. The Bertz CT molecular complexity index is 1570. The van der Waals surface area contributed by atoms with Gasteiger partial charge in [-0.15, -0.1) is 0 Å². The van der Waals surface area contributed by atoms with Crippen LogP contribution in [-0.2, 0) is 40.4 Å². The van der Waals surface area contributed by atoms with Crippen LogP contribution in [0.4, 0.5) is 14.0 Å². The lowest BCUT2D eigenvalue weighted by Crippen LogP contribution is -2.58. The second-order valence-corrected chi connectivity index (χ2v) is 16.6. The minimum absolute atomic E-state index is 0.0664. The fraction of sp³-hybridized carbons (Fsp3) is 0.697. The number of halogens is 1. The number of sulfonamides is 1. The molecule has 1 aromatic heterocycles. The van der Waals surface area contributed by atoms with Crippen LogP contribution in [0.5, 0.6) is 0 Å². The molecular weight excluding hydrogens is 675 g/mol. The molecule has 5 amide bonds. The summed E-state index contributed by atoms with van der Waals surface area (Å²) in [5.74, 6) is -2.91. The van der Waals surface area contributed by atoms with Gasteiger partial charge in [0.2, 0.25) is 21.8 Å². The maximum Gasteiger partial charge on any atom is 0.408 e. The monoisotopic (exact) mass is 722 g/mol. The van der Waals surface area contributed by atoms with Crippen LogP contribution in [-0.4, -0.2) is 89.3 Å². The highest BCUT2D eigenvalue weighted by Gasteiger charge is 2.62. The summed E-state index contributed by atoms with van der Waals surface area (Å²) in [7, 11) is -3.89. The smallest absolute Gasteiger partial charge is 0.408 e. The first-order valence-corrected chi connectivity index (χ1v) is 18.8. The highest BCUT2D eigenvalue weighted by Crippen LogP contribution is 2.48. The summed E-state index contributed by atoms with van der Waals surface area (Å²) in [4.78, 5) is 72.5. The minimum Gasteiger partial charge on any atom is -0.444 e. The summed E-state index contributed by atoms with van der Waals surface area (Å²) in [6.45, 7) is 4.82. The summed E-state index contributed by atoms with van der Waals surface area (Å²) < 4.78 is 51.8. The van der Waals surface area contributed by atoms with Crippen molar-refractivity contribution in [3.05, 3.63) is 29.8 Å². The summed E-state index contributed by atoms with van der Waals surface area (Å²) >= 11 is 0. The molecule has 3 heterocycles. The minimum atomic E-state index is -3.89. The van der Waals surface area contributed by atoms with Gasteiger partial charge in [-0.2, -0.15) is 0 Å². The van der Waals surface area contributed by atoms with Gasteiger partial charge < -0.3 is 30.3 Å². The molecule has 5 atom stereocenters. The number of nitrogens with one attached hydrogen (secondary N) is 4. The molecule has 2 aliphatic carbocycles. The van der Waals surface area contributed by atoms with Crippen molar-refractivity contribution in [2.75, 3.05) is 6.54 Å². The highest BCUT2D eigenvalue weighted by molar-refractivity contribution is 7.91. The second kappa shape index (κ2) is 15.1. The fourth-order valence-electron chi connectivity index (χ4n) is 6.57. The fourth-order valence-corrected chi connectivity index (χ4v) is 7.93. The lowest BCUT2D eigenvalue weighted by molar-refractivity contribution is -0.141. The number of pyridine rings is 1. The zero-order valence-corrected chi connectivity index (χ0v) is 29.5. The lowest BCUT2D eigenvalue weighted by atomic mass is 10.0. The largest absolute Gasteiger partial charge is 0.444 e. The average Bonchev–Trinajstić information content (AvgIpc) is 3.95. The Morgan fingerprint density at radius 1 is 1.04 bits per heavy atom. The SMILES string of the molecule is CC(C)(C)OC(=O)N[C@H]1CCCCCCC[C@@H]2C[C@@]2(C(=O)NS(=O)(=O)C2CC2)NC(=O)C2C[C@@H](OC(=O)NCc3ccc(F)cn3)CN2C1=O. The number of hydrogen-bond donors (Lipinski definition) is 4. The van der Waals surface area contributed by atoms with Crippen LogP contribution in [0.25, 0.3) is 0 Å². The molecule has 2 saturated heterocycles. The third kappa shape index (κ3) is 9.60. The van der Waals surface area contributed by atoms with Gasteiger partial charge in [0.05, 0.1) is 30.2 Å². The number of rotatable bonds is 7. The normalized spacial score (nSPS) is 27.7. The van der Waals surface area contributed by atoms with E-state index in [-0.39, 0.29) is 38.3 Å². The van der Waals surface area contributed by atoms with E-state index in [1.54, 1.807) is 20.8 Å². The number of nitrogens with zero attached hydrogens (tertiary/aromatic N) is 2. The van der Waals surface area contributed by atoms with E-state index in [9.17, 15) is 36.8 Å². The van der Waals surface area contributed by atoms with Gasteiger partial charge in [0.1, 0.15) is 35.1 Å². The van der Waals surface area contributed by atoms with E-state index in [0.29, 0.717) is 31.4 Å². The maximum absolute atomic E-state index is 14.2. The van der Waals surface area contributed by atoms with Crippen LogP contribution >= 0.6 is 0 Å². The van der Waals surface area contributed by atoms with Gasteiger partial charge in [-0.1, -0.05) is 32.1 Å². The maximum atomic E-state index is 14.2. The van der Waals surface area contributed by atoms with Crippen molar-refractivity contribution in [2.45, 2.75) is 133 Å². The molecule has 2 saturated carbocycles. The van der Waals surface area contributed by atoms with E-state index in [4.69, 9.17) is 9.47 Å². The first-order chi connectivity index (χ1) is 23.6. The third-order valence-corrected chi connectivity index (χ3v) is 11.2. The van der Waals surface area contributed by atoms with Crippen LogP contribution in [0, 0.1) is 11.7 Å². The van der Waals surface area contributed by atoms with Gasteiger partial charge in [0, 0.05) is 6.42 Å². The molecule has 5 rings (SSSR count). The molecule has 50 heavy (non-hydrogen) atoms. The molecule has 1 unspecified atom stereocenters. The van der Waals surface area contributed by atoms with Gasteiger partial charge in [0.25, 0.3) is 5.91 Å². The first-order valence-electron chi connectivity index (χ1n) is 17.3. The van der Waals surface area contributed by atoms with Crippen molar-refractivity contribution in [1.29, 1.82) is 0 Å². The number of carbonyl (C=O) groups is 5. The van der Waals surface area contributed by atoms with E-state index >= 15 is 0 Å². The average molecular weight is 723 g/mol. The molecule has 4 N–H and O–H groups in total. The molecule has 0 aromatic carbocycles. The summed E-state index contributed by atoms with van der Waals surface area (Å²) in [5, 5.41) is 7.35. The molecule has 276 valence electrons. The van der Waals surface area contributed by atoms with Crippen molar-refractivity contribution >= 4 is 39.9 Å². The third-order valence-electron chi connectivity index (χ3n) is 9.41. The van der Waals surface area contributed by atoms with Crippen molar-refractivity contribution in [2.24, 2.45) is 5.92 Å². The molecule has 2 aliphatic heterocycles. The summed E-state index contributed by atoms with van der Waals surface area (Å²) in [6, 6.07) is 0.327. The van der Waals surface area contributed by atoms with Gasteiger partial charge in [-0.05, 0) is 70.9 Å². The molecule has 17 heteroatoms. The van der Waals surface area contributed by atoms with E-state index in [0.717, 1.165) is 31.9 Å². The van der Waals surface area contributed by atoms with Gasteiger partial charge in [-0.25, -0.2) is 22.4 Å². The molecule has 0 bridgehead atoms. The van der Waals surface area contributed by atoms with Crippen molar-refractivity contribution < 1.29 is 46.3 Å². The standard InChI is InChI=1S/C33H47FN6O9S/c1-32(2,3)49-31(45)37-25-10-8-6-4-5-7-9-20-16-33(20,29(43)39-50(46,47)24-13-14-24)38-27(41)26-15-23(19-40(26)28(25)42)48-30(44)36-18-22-12-11-21(34)17-35-22/h11-12,17,20,23-26H,4-10,13-16,18-19H2,1-3H3,(H,36,44)(H,37,45)(H,38,41)(H,39,43)/t20-,23-,25+,26?,33-/m1/s1.